The minimum atomic E-state index is -0.143. The van der Waals surface area contributed by atoms with Crippen molar-refractivity contribution in [2.24, 2.45) is 0 Å². The maximum Gasteiger partial charge on any atom is 0.0577 e. The maximum absolute atomic E-state index is 2.52. The van der Waals surface area contributed by atoms with Gasteiger partial charge >= 0.3 is 0 Å². The predicted molar refractivity (Wildman–Crippen MR) is 271 cm³/mol. The predicted octanol–water partition coefficient (Wildman–Crippen LogP) is 16.2. The fraction of sp³-hybridized carbons (Fsp3) is 0.246. The molecular formula is C61H60N2. The maximum atomic E-state index is 2.52. The van der Waals surface area contributed by atoms with Crippen LogP contribution in [0.15, 0.2) is 169 Å². The van der Waals surface area contributed by atoms with Crippen molar-refractivity contribution in [3.8, 4) is 33.4 Å². The lowest BCUT2D eigenvalue weighted by atomic mass is 9.81. The van der Waals surface area contributed by atoms with E-state index < -0.39 is 0 Å². The Morgan fingerprint density at radius 2 is 1.13 bits per heavy atom. The Bertz CT molecular complexity index is 2960. The van der Waals surface area contributed by atoms with Crippen LogP contribution in [0.5, 0.6) is 0 Å². The fourth-order valence-corrected chi connectivity index (χ4v) is 11.1. The van der Waals surface area contributed by atoms with Crippen LogP contribution >= 0.6 is 0 Å². The monoisotopic (exact) mass is 820 g/mol. The van der Waals surface area contributed by atoms with Gasteiger partial charge in [-0.1, -0.05) is 161 Å². The van der Waals surface area contributed by atoms with Crippen LogP contribution in [0.3, 0.4) is 0 Å². The summed E-state index contributed by atoms with van der Waals surface area (Å²) in [7, 11) is 0. The number of fused-ring (bicyclic) bond motifs is 7. The molecule has 0 saturated heterocycles. The largest absolute Gasteiger partial charge is 0.338 e. The van der Waals surface area contributed by atoms with E-state index in [0.717, 1.165) is 6.42 Å². The van der Waals surface area contributed by atoms with Gasteiger partial charge in [0, 0.05) is 39.6 Å². The van der Waals surface area contributed by atoms with Crippen LogP contribution in [0.1, 0.15) is 108 Å². The average molecular weight is 821 g/mol. The summed E-state index contributed by atoms with van der Waals surface area (Å²) in [5.41, 5.74) is 23.3. The molecule has 63 heavy (non-hydrogen) atoms. The van der Waals surface area contributed by atoms with Crippen LogP contribution in [0.4, 0.5) is 17.1 Å². The molecule has 2 heteroatoms. The van der Waals surface area contributed by atoms with Gasteiger partial charge in [-0.3, -0.25) is 0 Å². The van der Waals surface area contributed by atoms with Gasteiger partial charge in [0.15, 0.2) is 0 Å². The van der Waals surface area contributed by atoms with Crippen molar-refractivity contribution in [2.75, 3.05) is 9.80 Å². The van der Waals surface area contributed by atoms with Gasteiger partial charge < -0.3 is 9.80 Å². The van der Waals surface area contributed by atoms with Gasteiger partial charge in [-0.25, -0.2) is 0 Å². The quantitative estimate of drug-likeness (QED) is 0.117. The van der Waals surface area contributed by atoms with Gasteiger partial charge in [0.25, 0.3) is 0 Å². The number of aryl methyl sites for hydroxylation is 1. The highest BCUT2D eigenvalue weighted by Gasteiger charge is 2.38. The Morgan fingerprint density at radius 1 is 0.571 bits per heavy atom. The van der Waals surface area contributed by atoms with Gasteiger partial charge in [-0.05, 0) is 162 Å². The van der Waals surface area contributed by atoms with E-state index in [-0.39, 0.29) is 16.4 Å². The third kappa shape index (κ3) is 6.78. The van der Waals surface area contributed by atoms with E-state index in [1.165, 1.54) is 107 Å². The molecule has 2 heterocycles. The molecule has 6 aromatic carbocycles. The highest BCUT2D eigenvalue weighted by molar-refractivity contribution is 5.87. The Balaban J connectivity index is 0.889. The number of benzene rings is 6. The van der Waals surface area contributed by atoms with Crippen molar-refractivity contribution in [3.05, 3.63) is 208 Å². The molecule has 4 aliphatic rings. The first-order chi connectivity index (χ1) is 30.3. The zero-order valence-corrected chi connectivity index (χ0v) is 38.6. The second kappa shape index (κ2) is 15.2. The summed E-state index contributed by atoms with van der Waals surface area (Å²) >= 11 is 0. The van der Waals surface area contributed by atoms with Gasteiger partial charge in [0.05, 0.1) is 5.54 Å². The SMILES string of the molecule is C/C=C\C=C/C1=C(C)N(c2ccc3c(c2)C(C)(C)c2cc(/C=C/c4ccc5c(c4)C(C)(C)c4cc(-c6ccc(N7c8ccccc8CCC7C)cc6)ccc4-5)ccc2-3)C(C)(C)C=C1. The number of nitrogens with zero attached hydrogens (tertiary/aromatic N) is 2. The van der Waals surface area contributed by atoms with Gasteiger partial charge in [-0.15, -0.1) is 0 Å². The summed E-state index contributed by atoms with van der Waals surface area (Å²) < 4.78 is 0. The second-order valence-electron chi connectivity index (χ2n) is 19.9. The fourth-order valence-electron chi connectivity index (χ4n) is 11.1. The van der Waals surface area contributed by atoms with E-state index in [2.05, 4.69) is 242 Å². The molecule has 0 N–H and O–H groups in total. The first kappa shape index (κ1) is 40.7. The smallest absolute Gasteiger partial charge is 0.0577 e. The van der Waals surface area contributed by atoms with E-state index in [0.29, 0.717) is 6.04 Å². The van der Waals surface area contributed by atoms with Gasteiger partial charge in [-0.2, -0.15) is 0 Å². The Kier molecular flexibility index (Phi) is 9.79. The lowest BCUT2D eigenvalue weighted by Gasteiger charge is -2.42. The van der Waals surface area contributed by atoms with Crippen LogP contribution in [-0.2, 0) is 17.3 Å². The van der Waals surface area contributed by atoms with Crippen LogP contribution < -0.4 is 9.80 Å². The number of anilines is 3. The normalized spacial score (nSPS) is 18.9. The summed E-state index contributed by atoms with van der Waals surface area (Å²) in [5, 5.41) is 0. The number of hydrogen-bond donors (Lipinski definition) is 0. The van der Waals surface area contributed by atoms with Crippen molar-refractivity contribution in [2.45, 2.75) is 97.6 Å². The summed E-state index contributed by atoms with van der Waals surface area (Å²) in [6.07, 6.45) is 20.0. The Hall–Kier alpha value is -6.38. The third-order valence-corrected chi connectivity index (χ3v) is 14.7. The summed E-state index contributed by atoms with van der Waals surface area (Å²) in [6, 6.07) is 46.9. The average Bonchev–Trinajstić information content (AvgIpc) is 3.64. The molecule has 1 atom stereocenters. The molecule has 0 aromatic heterocycles. The number of rotatable bonds is 7. The van der Waals surface area contributed by atoms with Gasteiger partial charge in [0.1, 0.15) is 0 Å². The summed E-state index contributed by atoms with van der Waals surface area (Å²) in [4.78, 5) is 5.02. The molecule has 2 aliphatic carbocycles. The molecule has 0 spiro atoms. The first-order valence-electron chi connectivity index (χ1n) is 23.0. The zero-order valence-electron chi connectivity index (χ0n) is 38.6. The van der Waals surface area contributed by atoms with E-state index >= 15 is 0 Å². The summed E-state index contributed by atoms with van der Waals surface area (Å²) in [6.45, 7) is 20.8. The first-order valence-corrected chi connectivity index (χ1v) is 23.0. The van der Waals surface area contributed by atoms with Crippen molar-refractivity contribution >= 4 is 29.2 Å². The molecule has 0 bridgehead atoms. The summed E-state index contributed by atoms with van der Waals surface area (Å²) in [5.74, 6) is 0. The number of para-hydroxylation sites is 1. The Labute approximate surface area is 376 Å². The molecular weight excluding hydrogens is 761 g/mol. The number of allylic oxidation sites excluding steroid dienone is 7. The lowest BCUT2D eigenvalue weighted by molar-refractivity contribution is 0.594. The minimum Gasteiger partial charge on any atom is -0.338 e. The molecule has 6 aromatic rings. The van der Waals surface area contributed by atoms with E-state index in [1.54, 1.807) is 0 Å². The van der Waals surface area contributed by atoms with Crippen molar-refractivity contribution < 1.29 is 0 Å². The van der Waals surface area contributed by atoms with Crippen molar-refractivity contribution in [1.29, 1.82) is 0 Å². The van der Waals surface area contributed by atoms with Crippen molar-refractivity contribution in [3.63, 3.8) is 0 Å². The molecule has 1 unspecified atom stereocenters. The minimum absolute atomic E-state index is 0.113. The van der Waals surface area contributed by atoms with Crippen LogP contribution in [0.25, 0.3) is 45.5 Å². The molecule has 0 fully saturated rings. The number of hydrogen-bond acceptors (Lipinski definition) is 2. The zero-order chi connectivity index (χ0) is 43.8. The highest BCUT2D eigenvalue weighted by Crippen LogP contribution is 2.52. The lowest BCUT2D eigenvalue weighted by Crippen LogP contribution is -2.43. The molecule has 0 amide bonds. The van der Waals surface area contributed by atoms with Gasteiger partial charge in [0.2, 0.25) is 0 Å². The Morgan fingerprint density at radius 3 is 1.78 bits per heavy atom. The molecule has 0 radical (unpaired) electrons. The standard InChI is InChI=1S/C61H60N2/c1-10-11-12-15-44-34-35-59(4,5)63(41(44)3)49-29-33-53-51-31-22-43(37-55(51)61(8,9)57(53)39-49)20-19-42-21-30-50-52-32-26-47(38-56(52)60(6,7)54(50)36-42)45-24-27-48(28-25-45)62-40(2)18-23-46-16-13-14-17-58(46)62/h10-17,19-22,24-40H,18,23H2,1-9H3/b11-10-,15-12-,20-19+. The molecule has 2 aliphatic heterocycles. The third-order valence-electron chi connectivity index (χ3n) is 14.7. The highest BCUT2D eigenvalue weighted by atomic mass is 15.2. The second-order valence-corrected chi connectivity index (χ2v) is 19.9. The van der Waals surface area contributed by atoms with E-state index in [1.807, 2.05) is 0 Å². The van der Waals surface area contributed by atoms with Crippen LogP contribution in [0, 0.1) is 0 Å². The van der Waals surface area contributed by atoms with E-state index in [4.69, 9.17) is 0 Å². The van der Waals surface area contributed by atoms with Crippen LogP contribution in [-0.4, -0.2) is 11.6 Å². The molecule has 2 nitrogen and oxygen atoms in total. The van der Waals surface area contributed by atoms with E-state index in [9.17, 15) is 0 Å². The molecule has 10 rings (SSSR count). The molecule has 314 valence electrons. The molecule has 0 saturated carbocycles. The van der Waals surface area contributed by atoms with Crippen LogP contribution in [0.2, 0.25) is 0 Å². The topological polar surface area (TPSA) is 6.48 Å². The van der Waals surface area contributed by atoms with Crippen molar-refractivity contribution in [1.82, 2.24) is 0 Å².